The van der Waals surface area contributed by atoms with Crippen molar-refractivity contribution in [1.82, 2.24) is 4.31 Å². The van der Waals surface area contributed by atoms with Gasteiger partial charge in [0.15, 0.2) is 0 Å². The van der Waals surface area contributed by atoms with Gasteiger partial charge in [-0.15, -0.1) is 0 Å². The van der Waals surface area contributed by atoms with Gasteiger partial charge >= 0.3 is 0 Å². The molecule has 0 aromatic heterocycles. The maximum absolute atomic E-state index is 13.4. The van der Waals surface area contributed by atoms with Gasteiger partial charge in [-0.1, -0.05) is 43.7 Å². The van der Waals surface area contributed by atoms with E-state index in [1.165, 1.54) is 0 Å². The van der Waals surface area contributed by atoms with E-state index >= 15 is 0 Å². The van der Waals surface area contributed by atoms with Gasteiger partial charge < -0.3 is 4.90 Å². The van der Waals surface area contributed by atoms with Crippen LogP contribution in [0.5, 0.6) is 0 Å². The van der Waals surface area contributed by atoms with E-state index in [0.29, 0.717) is 24.4 Å². The Labute approximate surface area is 168 Å². The smallest absolute Gasteiger partial charge is 0.243 e. The van der Waals surface area contributed by atoms with Gasteiger partial charge in [0.05, 0.1) is 4.90 Å². The lowest BCUT2D eigenvalue weighted by molar-refractivity contribution is -0.116. The Kier molecular flexibility index (Phi) is 6.20. The summed E-state index contributed by atoms with van der Waals surface area (Å²) in [4.78, 5) is 14.0. The number of anilines is 1. The zero-order valence-corrected chi connectivity index (χ0v) is 17.6. The summed E-state index contributed by atoms with van der Waals surface area (Å²) in [6.07, 6.45) is 2.41. The van der Waals surface area contributed by atoms with Crippen LogP contribution in [0, 0.1) is 0 Å². The topological polar surface area (TPSA) is 57.7 Å². The summed E-state index contributed by atoms with van der Waals surface area (Å²) in [7, 11) is -3.62. The number of sulfonamides is 1. The second-order valence-corrected chi connectivity index (χ2v) is 9.35. The van der Waals surface area contributed by atoms with Crippen LogP contribution in [0.15, 0.2) is 53.4 Å². The number of hydrogen-bond acceptors (Lipinski definition) is 3. The van der Waals surface area contributed by atoms with Crippen molar-refractivity contribution < 1.29 is 13.2 Å². The fourth-order valence-electron chi connectivity index (χ4n) is 3.80. The highest BCUT2D eigenvalue weighted by atomic mass is 32.2. The van der Waals surface area contributed by atoms with Crippen molar-refractivity contribution in [3.05, 3.63) is 59.7 Å². The number of fused-ring (bicyclic) bond motifs is 1. The molecule has 1 atom stereocenters. The summed E-state index contributed by atoms with van der Waals surface area (Å²) in [5.41, 5.74) is 2.71. The molecule has 0 saturated heterocycles. The molecule has 2 aromatic rings. The number of amides is 1. The third kappa shape index (κ3) is 4.13. The van der Waals surface area contributed by atoms with Crippen molar-refractivity contribution in [2.24, 2.45) is 0 Å². The van der Waals surface area contributed by atoms with Crippen molar-refractivity contribution in [3.63, 3.8) is 0 Å². The van der Waals surface area contributed by atoms with Crippen LogP contribution in [0.4, 0.5) is 5.69 Å². The van der Waals surface area contributed by atoms with E-state index in [-0.39, 0.29) is 11.9 Å². The molecule has 5 nitrogen and oxygen atoms in total. The van der Waals surface area contributed by atoms with Crippen molar-refractivity contribution in [2.45, 2.75) is 57.5 Å². The summed E-state index contributed by atoms with van der Waals surface area (Å²) in [5.74, 6) is -0.0180. The predicted molar refractivity (Wildman–Crippen MR) is 112 cm³/mol. The molecule has 0 unspecified atom stereocenters. The van der Waals surface area contributed by atoms with Gasteiger partial charge in [0.1, 0.15) is 0 Å². The monoisotopic (exact) mass is 400 g/mol. The molecule has 0 aliphatic carbocycles. The van der Waals surface area contributed by atoms with E-state index in [9.17, 15) is 13.2 Å². The Morgan fingerprint density at radius 1 is 1.18 bits per heavy atom. The third-order valence-electron chi connectivity index (χ3n) is 5.21. The van der Waals surface area contributed by atoms with E-state index in [1.807, 2.05) is 37.3 Å². The highest BCUT2D eigenvalue weighted by Crippen LogP contribution is 2.34. The average Bonchev–Trinajstić information content (AvgIpc) is 3.00. The summed E-state index contributed by atoms with van der Waals surface area (Å²) in [6, 6.07) is 14.9. The zero-order valence-electron chi connectivity index (χ0n) is 16.8. The number of carbonyl (C=O) groups is 1. The number of rotatable bonds is 7. The lowest BCUT2D eigenvalue weighted by atomic mass is 10.1. The molecule has 28 heavy (non-hydrogen) atoms. The van der Waals surface area contributed by atoms with Gasteiger partial charge in [0, 0.05) is 31.7 Å². The molecule has 6 heteroatoms. The van der Waals surface area contributed by atoms with Crippen LogP contribution < -0.4 is 4.90 Å². The zero-order chi connectivity index (χ0) is 20.3. The van der Waals surface area contributed by atoms with Gasteiger partial charge in [-0.3, -0.25) is 4.79 Å². The normalized spacial score (nSPS) is 16.4. The Bertz CT molecular complexity index is 942. The summed E-state index contributed by atoms with van der Waals surface area (Å²) < 4.78 is 28.3. The molecule has 1 heterocycles. The first-order valence-electron chi connectivity index (χ1n) is 9.81. The number of unbranched alkanes of at least 4 members (excludes halogenated alkanes) is 1. The minimum absolute atomic E-state index is 0.0180. The van der Waals surface area contributed by atoms with Crippen LogP contribution in [0.3, 0.4) is 0 Å². The number of benzene rings is 2. The third-order valence-corrected chi connectivity index (χ3v) is 7.05. The van der Waals surface area contributed by atoms with Gasteiger partial charge in [-0.2, -0.15) is 4.31 Å². The lowest BCUT2D eigenvalue weighted by Gasteiger charge is -2.23. The molecule has 1 amide bonds. The maximum Gasteiger partial charge on any atom is 0.243 e. The van der Waals surface area contributed by atoms with Crippen molar-refractivity contribution in [1.29, 1.82) is 0 Å². The van der Waals surface area contributed by atoms with Gasteiger partial charge in [0.2, 0.25) is 15.9 Å². The molecule has 0 radical (unpaired) electrons. The SMILES string of the molecule is CCCCN(Cc1ccccc1)S(=O)(=O)c1ccc2c(c1)C[C@H](C)N2C(C)=O. The van der Waals surface area contributed by atoms with Gasteiger partial charge in [-0.25, -0.2) is 8.42 Å². The quantitative estimate of drug-likeness (QED) is 0.706. The molecule has 0 saturated carbocycles. The molecule has 3 rings (SSSR count). The van der Waals surface area contributed by atoms with Gasteiger partial charge in [0.25, 0.3) is 0 Å². The average molecular weight is 401 g/mol. The Hall–Kier alpha value is -2.18. The standard InChI is InChI=1S/C22H28N2O3S/c1-4-5-13-23(16-19-9-7-6-8-10-19)28(26,27)21-11-12-22-20(15-21)14-17(2)24(22)18(3)25/h6-12,15,17H,4-5,13-14,16H2,1-3H3/t17-/m0/s1. The Balaban J connectivity index is 1.93. The minimum atomic E-state index is -3.62. The first-order chi connectivity index (χ1) is 13.3. The summed E-state index contributed by atoms with van der Waals surface area (Å²) in [6.45, 7) is 6.43. The van der Waals surface area contributed by atoms with Crippen LogP contribution in [0.2, 0.25) is 0 Å². The second-order valence-electron chi connectivity index (χ2n) is 7.41. The lowest BCUT2D eigenvalue weighted by Crippen LogP contribution is -2.33. The molecule has 0 N–H and O–H groups in total. The second kappa shape index (κ2) is 8.45. The molecule has 0 fully saturated rings. The first kappa shape index (κ1) is 20.6. The molecular formula is C22H28N2O3S. The largest absolute Gasteiger partial charge is 0.309 e. The van der Waals surface area contributed by atoms with Crippen molar-refractivity contribution >= 4 is 21.6 Å². The van der Waals surface area contributed by atoms with Crippen molar-refractivity contribution in [2.75, 3.05) is 11.4 Å². The van der Waals surface area contributed by atoms with Crippen LogP contribution in [-0.4, -0.2) is 31.2 Å². The van der Waals surface area contributed by atoms with Gasteiger partial charge in [-0.05, 0) is 49.1 Å². The highest BCUT2D eigenvalue weighted by molar-refractivity contribution is 7.89. The number of nitrogens with zero attached hydrogens (tertiary/aromatic N) is 2. The van der Waals surface area contributed by atoms with E-state index in [1.54, 1.807) is 34.3 Å². The Morgan fingerprint density at radius 3 is 2.54 bits per heavy atom. The fraction of sp³-hybridized carbons (Fsp3) is 0.409. The molecule has 1 aliphatic heterocycles. The van der Waals surface area contributed by atoms with Crippen LogP contribution >= 0.6 is 0 Å². The number of hydrogen-bond donors (Lipinski definition) is 0. The van der Waals surface area contributed by atoms with Crippen LogP contribution in [0.1, 0.15) is 44.7 Å². The molecule has 1 aliphatic rings. The Morgan fingerprint density at radius 2 is 1.89 bits per heavy atom. The molecule has 2 aromatic carbocycles. The van der Waals surface area contributed by atoms with E-state index in [4.69, 9.17) is 0 Å². The van der Waals surface area contributed by atoms with Crippen LogP contribution in [0.25, 0.3) is 0 Å². The first-order valence-corrected chi connectivity index (χ1v) is 11.3. The van der Waals surface area contributed by atoms with E-state index in [2.05, 4.69) is 6.92 Å². The van der Waals surface area contributed by atoms with Crippen molar-refractivity contribution in [3.8, 4) is 0 Å². The molecule has 0 spiro atoms. The van der Waals surface area contributed by atoms with E-state index < -0.39 is 10.0 Å². The van der Waals surface area contributed by atoms with E-state index in [0.717, 1.165) is 29.7 Å². The molecule has 150 valence electrons. The van der Waals surface area contributed by atoms with Crippen LogP contribution in [-0.2, 0) is 27.8 Å². The molecular weight excluding hydrogens is 372 g/mol. The maximum atomic E-state index is 13.4. The fourth-order valence-corrected chi connectivity index (χ4v) is 5.32. The minimum Gasteiger partial charge on any atom is -0.309 e. The number of carbonyl (C=O) groups excluding carboxylic acids is 1. The predicted octanol–water partition coefficient (Wildman–Crippen LogP) is 3.98. The highest BCUT2D eigenvalue weighted by Gasteiger charge is 2.31. The summed E-state index contributed by atoms with van der Waals surface area (Å²) >= 11 is 0. The summed E-state index contributed by atoms with van der Waals surface area (Å²) in [5, 5.41) is 0. The molecule has 0 bridgehead atoms.